The SMILES string of the molecule is COC(=O)c1ccc(F)c(NC(=O)C2NCCC2C)c1. The molecule has 0 aromatic heterocycles. The minimum absolute atomic E-state index is 0.0150. The summed E-state index contributed by atoms with van der Waals surface area (Å²) in [4.78, 5) is 23.5. The Bertz CT molecular complexity index is 533. The van der Waals surface area contributed by atoms with Crippen LogP contribution in [0, 0.1) is 11.7 Å². The van der Waals surface area contributed by atoms with Crippen LogP contribution < -0.4 is 10.6 Å². The predicted molar refractivity (Wildman–Crippen MR) is 71.9 cm³/mol. The van der Waals surface area contributed by atoms with E-state index in [0.29, 0.717) is 0 Å². The zero-order valence-electron chi connectivity index (χ0n) is 11.4. The van der Waals surface area contributed by atoms with Crippen molar-refractivity contribution in [1.29, 1.82) is 0 Å². The van der Waals surface area contributed by atoms with Crippen LogP contribution in [-0.4, -0.2) is 31.6 Å². The normalized spacial score (nSPS) is 21.6. The molecule has 1 aromatic rings. The summed E-state index contributed by atoms with van der Waals surface area (Å²) in [5, 5.41) is 5.59. The van der Waals surface area contributed by atoms with Crippen molar-refractivity contribution in [3.63, 3.8) is 0 Å². The average Bonchev–Trinajstić information content (AvgIpc) is 2.86. The maximum absolute atomic E-state index is 13.7. The van der Waals surface area contributed by atoms with E-state index in [1.165, 1.54) is 19.2 Å². The first-order valence-electron chi connectivity index (χ1n) is 6.45. The molecule has 2 atom stereocenters. The summed E-state index contributed by atoms with van der Waals surface area (Å²) in [7, 11) is 1.24. The van der Waals surface area contributed by atoms with E-state index < -0.39 is 11.8 Å². The molecule has 1 amide bonds. The third-order valence-electron chi connectivity index (χ3n) is 3.46. The van der Waals surface area contributed by atoms with Crippen LogP contribution in [0.15, 0.2) is 18.2 Å². The number of anilines is 1. The summed E-state index contributed by atoms with van der Waals surface area (Å²) in [5.74, 6) is -1.26. The number of rotatable bonds is 3. The van der Waals surface area contributed by atoms with Gasteiger partial charge in [0.15, 0.2) is 0 Å². The number of methoxy groups -OCH3 is 1. The highest BCUT2D eigenvalue weighted by molar-refractivity contribution is 5.97. The van der Waals surface area contributed by atoms with Gasteiger partial charge in [-0.05, 0) is 37.1 Å². The molecule has 1 aliphatic heterocycles. The summed E-state index contributed by atoms with van der Waals surface area (Å²) >= 11 is 0. The van der Waals surface area contributed by atoms with Crippen molar-refractivity contribution in [2.45, 2.75) is 19.4 Å². The minimum Gasteiger partial charge on any atom is -0.465 e. The maximum Gasteiger partial charge on any atom is 0.337 e. The topological polar surface area (TPSA) is 67.4 Å². The number of hydrogen-bond acceptors (Lipinski definition) is 4. The van der Waals surface area contributed by atoms with Crippen LogP contribution >= 0.6 is 0 Å². The van der Waals surface area contributed by atoms with E-state index in [-0.39, 0.29) is 29.1 Å². The molecule has 6 heteroatoms. The largest absolute Gasteiger partial charge is 0.465 e. The van der Waals surface area contributed by atoms with Gasteiger partial charge in [0.1, 0.15) is 5.82 Å². The molecule has 1 saturated heterocycles. The van der Waals surface area contributed by atoms with Gasteiger partial charge >= 0.3 is 5.97 Å². The lowest BCUT2D eigenvalue weighted by atomic mass is 10.0. The van der Waals surface area contributed by atoms with Gasteiger partial charge < -0.3 is 15.4 Å². The Balaban J connectivity index is 2.16. The molecular formula is C14H17FN2O3. The minimum atomic E-state index is -0.586. The smallest absolute Gasteiger partial charge is 0.337 e. The molecule has 108 valence electrons. The molecule has 1 heterocycles. The van der Waals surface area contributed by atoms with Crippen molar-refractivity contribution in [2.24, 2.45) is 5.92 Å². The standard InChI is InChI=1S/C14H17FN2O3/c1-8-5-6-16-12(8)13(18)17-11-7-9(14(19)20-2)3-4-10(11)15/h3-4,7-8,12,16H,5-6H2,1-2H3,(H,17,18). The van der Waals surface area contributed by atoms with E-state index in [4.69, 9.17) is 0 Å². The molecule has 5 nitrogen and oxygen atoms in total. The number of carbonyl (C=O) groups is 2. The number of ether oxygens (including phenoxy) is 1. The van der Waals surface area contributed by atoms with Crippen LogP contribution in [-0.2, 0) is 9.53 Å². The highest BCUT2D eigenvalue weighted by atomic mass is 19.1. The van der Waals surface area contributed by atoms with Gasteiger partial charge in [-0.1, -0.05) is 6.92 Å². The molecule has 0 radical (unpaired) electrons. The van der Waals surface area contributed by atoms with Crippen molar-refractivity contribution in [3.8, 4) is 0 Å². The first-order valence-corrected chi connectivity index (χ1v) is 6.45. The summed E-state index contributed by atoms with van der Waals surface area (Å²) < 4.78 is 18.3. The van der Waals surface area contributed by atoms with Crippen molar-refractivity contribution < 1.29 is 18.7 Å². The van der Waals surface area contributed by atoms with Crippen molar-refractivity contribution in [2.75, 3.05) is 19.0 Å². The Kier molecular flexibility index (Phi) is 4.34. The first kappa shape index (κ1) is 14.5. The van der Waals surface area contributed by atoms with E-state index in [1.54, 1.807) is 0 Å². The maximum atomic E-state index is 13.7. The Morgan fingerprint density at radius 2 is 2.20 bits per heavy atom. The summed E-state index contributed by atoms with van der Waals surface area (Å²) in [6.07, 6.45) is 0.906. The van der Waals surface area contributed by atoms with Crippen LogP contribution in [0.4, 0.5) is 10.1 Å². The van der Waals surface area contributed by atoms with E-state index in [1.807, 2.05) is 6.92 Å². The Morgan fingerprint density at radius 3 is 2.80 bits per heavy atom. The van der Waals surface area contributed by atoms with Gasteiger partial charge in [-0.3, -0.25) is 4.79 Å². The van der Waals surface area contributed by atoms with E-state index >= 15 is 0 Å². The first-order chi connectivity index (χ1) is 9.52. The summed E-state index contributed by atoms with van der Waals surface area (Å²) in [6.45, 7) is 2.73. The molecule has 2 N–H and O–H groups in total. The zero-order valence-corrected chi connectivity index (χ0v) is 11.4. The fourth-order valence-corrected chi connectivity index (χ4v) is 2.26. The number of benzene rings is 1. The second-order valence-corrected chi connectivity index (χ2v) is 4.87. The monoisotopic (exact) mass is 280 g/mol. The molecular weight excluding hydrogens is 263 g/mol. The van der Waals surface area contributed by atoms with E-state index in [0.717, 1.165) is 19.0 Å². The molecule has 0 bridgehead atoms. The average molecular weight is 280 g/mol. The van der Waals surface area contributed by atoms with Gasteiger partial charge in [0.2, 0.25) is 5.91 Å². The van der Waals surface area contributed by atoms with Gasteiger partial charge in [-0.15, -0.1) is 0 Å². The fraction of sp³-hybridized carbons (Fsp3) is 0.429. The number of hydrogen-bond donors (Lipinski definition) is 2. The van der Waals surface area contributed by atoms with Gasteiger partial charge in [0.25, 0.3) is 0 Å². The number of esters is 1. The lowest BCUT2D eigenvalue weighted by Gasteiger charge is -2.16. The van der Waals surface area contributed by atoms with Crippen molar-refractivity contribution >= 4 is 17.6 Å². The Labute approximate surface area is 116 Å². The van der Waals surface area contributed by atoms with Crippen molar-refractivity contribution in [1.82, 2.24) is 5.32 Å². The number of amides is 1. The lowest BCUT2D eigenvalue weighted by molar-refractivity contribution is -0.118. The third-order valence-corrected chi connectivity index (χ3v) is 3.46. The molecule has 0 aliphatic carbocycles. The van der Waals surface area contributed by atoms with Gasteiger partial charge in [0, 0.05) is 0 Å². The van der Waals surface area contributed by atoms with E-state index in [2.05, 4.69) is 15.4 Å². The third kappa shape index (κ3) is 2.96. The summed E-state index contributed by atoms with van der Waals surface area (Å²) in [6, 6.07) is 3.38. The van der Waals surface area contributed by atoms with Crippen LogP contribution in [0.5, 0.6) is 0 Å². The second-order valence-electron chi connectivity index (χ2n) is 4.87. The highest BCUT2D eigenvalue weighted by Gasteiger charge is 2.29. The van der Waals surface area contributed by atoms with Crippen LogP contribution in [0.3, 0.4) is 0 Å². The van der Waals surface area contributed by atoms with E-state index in [9.17, 15) is 14.0 Å². The number of nitrogens with one attached hydrogen (secondary N) is 2. The number of carbonyl (C=O) groups excluding carboxylic acids is 2. The fourth-order valence-electron chi connectivity index (χ4n) is 2.26. The quantitative estimate of drug-likeness (QED) is 0.824. The molecule has 20 heavy (non-hydrogen) atoms. The van der Waals surface area contributed by atoms with Gasteiger partial charge in [0.05, 0.1) is 24.4 Å². The summed E-state index contributed by atoms with van der Waals surface area (Å²) in [5.41, 5.74) is 0.176. The number of halogens is 1. The molecule has 1 aliphatic rings. The van der Waals surface area contributed by atoms with Crippen molar-refractivity contribution in [3.05, 3.63) is 29.6 Å². The Hall–Kier alpha value is -1.95. The predicted octanol–water partition coefficient (Wildman–Crippen LogP) is 1.55. The van der Waals surface area contributed by atoms with Crippen LogP contribution in [0.2, 0.25) is 0 Å². The van der Waals surface area contributed by atoms with Crippen LogP contribution in [0.1, 0.15) is 23.7 Å². The molecule has 2 unspecified atom stereocenters. The van der Waals surface area contributed by atoms with Gasteiger partial charge in [-0.2, -0.15) is 0 Å². The lowest BCUT2D eigenvalue weighted by Crippen LogP contribution is -2.39. The molecule has 0 saturated carbocycles. The Morgan fingerprint density at radius 1 is 1.45 bits per heavy atom. The van der Waals surface area contributed by atoms with Crippen LogP contribution in [0.25, 0.3) is 0 Å². The zero-order chi connectivity index (χ0) is 14.7. The molecule has 1 fully saturated rings. The van der Waals surface area contributed by atoms with Gasteiger partial charge in [-0.25, -0.2) is 9.18 Å². The highest BCUT2D eigenvalue weighted by Crippen LogP contribution is 2.20. The second kappa shape index (κ2) is 6.00. The molecule has 2 rings (SSSR count). The molecule has 0 spiro atoms. The molecule has 1 aromatic carbocycles.